The van der Waals surface area contributed by atoms with Gasteiger partial charge in [0.25, 0.3) is 0 Å². The normalized spacial score (nSPS) is 20.1. The van der Waals surface area contributed by atoms with Gasteiger partial charge in [-0.15, -0.1) is 5.10 Å². The fourth-order valence-corrected chi connectivity index (χ4v) is 4.83. The van der Waals surface area contributed by atoms with Gasteiger partial charge in [-0.05, 0) is 58.0 Å². The number of phenolic OH excluding ortho intramolecular Hbond substituents is 1. The Morgan fingerprint density at radius 3 is 2.54 bits per heavy atom. The van der Waals surface area contributed by atoms with Gasteiger partial charge in [0, 0.05) is 23.4 Å². The lowest BCUT2D eigenvalue weighted by molar-refractivity contribution is -0.245. The Morgan fingerprint density at radius 2 is 1.80 bits per heavy atom. The van der Waals surface area contributed by atoms with Gasteiger partial charge >= 0.3 is 0 Å². The van der Waals surface area contributed by atoms with Crippen LogP contribution in [0.2, 0.25) is 0 Å². The van der Waals surface area contributed by atoms with Crippen LogP contribution in [0.4, 0.5) is 5.69 Å². The maximum Gasteiger partial charge on any atom is 0.214 e. The zero-order valence-electron chi connectivity index (χ0n) is 18.8. The van der Waals surface area contributed by atoms with Crippen molar-refractivity contribution < 1.29 is 19.7 Å². The molecule has 35 heavy (non-hydrogen) atoms. The highest BCUT2D eigenvalue weighted by atomic mass is 32.2. The summed E-state index contributed by atoms with van der Waals surface area (Å²) in [6.07, 6.45) is -0.270. The third-order valence-corrected chi connectivity index (χ3v) is 6.78. The number of aromatic nitrogens is 4. The second-order valence-electron chi connectivity index (χ2n) is 8.22. The lowest BCUT2D eigenvalue weighted by Crippen LogP contribution is -2.31. The molecule has 0 radical (unpaired) electrons. The van der Waals surface area contributed by atoms with E-state index in [2.05, 4.69) is 15.5 Å². The first kappa shape index (κ1) is 23.3. The van der Waals surface area contributed by atoms with Gasteiger partial charge in [-0.3, -0.25) is 0 Å². The number of nitrogens with two attached hydrogens (primary N) is 1. The third-order valence-electron chi connectivity index (χ3n) is 5.73. The first-order valence-electron chi connectivity index (χ1n) is 11.2. The van der Waals surface area contributed by atoms with Crippen LogP contribution in [0.3, 0.4) is 0 Å². The van der Waals surface area contributed by atoms with Gasteiger partial charge < -0.3 is 25.4 Å². The van der Waals surface area contributed by atoms with E-state index in [1.807, 2.05) is 48.5 Å². The van der Waals surface area contributed by atoms with Gasteiger partial charge in [0.05, 0.1) is 24.5 Å². The number of hydrogen-bond acceptors (Lipinski definition) is 9. The fourth-order valence-electron chi connectivity index (χ4n) is 3.92. The molecule has 0 bridgehead atoms. The summed E-state index contributed by atoms with van der Waals surface area (Å²) < 4.78 is 14.3. The smallest absolute Gasteiger partial charge is 0.214 e. The number of nitrogens with zero attached hydrogens (tertiary/aromatic N) is 4. The van der Waals surface area contributed by atoms with E-state index < -0.39 is 6.29 Å². The Bertz CT molecular complexity index is 1270. The van der Waals surface area contributed by atoms with Gasteiger partial charge in [-0.1, -0.05) is 48.2 Å². The van der Waals surface area contributed by atoms with Gasteiger partial charge in [0.1, 0.15) is 5.75 Å². The summed E-state index contributed by atoms with van der Waals surface area (Å²) in [7, 11) is 0. The Morgan fingerprint density at radius 1 is 1.00 bits per heavy atom. The summed E-state index contributed by atoms with van der Waals surface area (Å²) in [5, 5.41) is 31.6. The van der Waals surface area contributed by atoms with Crippen molar-refractivity contribution in [2.24, 2.45) is 0 Å². The molecular formula is C25H25N5O4S. The molecule has 3 aromatic carbocycles. The zero-order chi connectivity index (χ0) is 24.2. The number of thioether (sulfide) groups is 1. The van der Waals surface area contributed by atoms with E-state index in [9.17, 15) is 10.2 Å². The zero-order valence-corrected chi connectivity index (χ0v) is 19.6. The summed E-state index contributed by atoms with van der Waals surface area (Å²) in [5.74, 6) is 0.781. The van der Waals surface area contributed by atoms with Gasteiger partial charge in [0.2, 0.25) is 5.16 Å². The molecule has 4 aromatic rings. The van der Waals surface area contributed by atoms with Crippen LogP contribution in [0.1, 0.15) is 35.5 Å². The fraction of sp³-hybridized carbons (Fsp3) is 0.240. The molecule has 1 fully saturated rings. The second-order valence-corrected chi connectivity index (χ2v) is 9.21. The molecule has 0 saturated carbocycles. The minimum atomic E-state index is -0.575. The highest BCUT2D eigenvalue weighted by Gasteiger charge is 2.32. The van der Waals surface area contributed by atoms with Crippen LogP contribution in [0.5, 0.6) is 5.75 Å². The molecule has 0 spiro atoms. The predicted octanol–water partition coefficient (Wildman–Crippen LogP) is 3.78. The molecule has 2 heterocycles. The largest absolute Gasteiger partial charge is 0.508 e. The van der Waals surface area contributed by atoms with Crippen LogP contribution >= 0.6 is 11.8 Å². The van der Waals surface area contributed by atoms with Crippen molar-refractivity contribution in [3.8, 4) is 11.4 Å². The van der Waals surface area contributed by atoms with Crippen molar-refractivity contribution in [1.82, 2.24) is 20.2 Å². The number of ether oxygens (including phenoxy) is 2. The molecule has 180 valence electrons. The molecule has 0 amide bonds. The number of tetrazole rings is 1. The van der Waals surface area contributed by atoms with E-state index in [4.69, 9.17) is 15.2 Å². The first-order valence-corrected chi connectivity index (χ1v) is 12.1. The molecule has 1 aromatic heterocycles. The maximum absolute atomic E-state index is 9.57. The number of nitrogen functional groups attached to an aromatic ring is 1. The third kappa shape index (κ3) is 5.46. The monoisotopic (exact) mass is 491 g/mol. The minimum Gasteiger partial charge on any atom is -0.508 e. The van der Waals surface area contributed by atoms with Gasteiger partial charge in [0.15, 0.2) is 6.29 Å². The molecule has 10 heteroatoms. The quantitative estimate of drug-likeness (QED) is 0.261. The van der Waals surface area contributed by atoms with E-state index in [-0.39, 0.29) is 24.6 Å². The van der Waals surface area contributed by atoms with E-state index in [1.165, 1.54) is 11.8 Å². The Hall–Kier alpha value is -3.44. The molecule has 3 atom stereocenters. The van der Waals surface area contributed by atoms with Crippen LogP contribution in [-0.4, -0.2) is 42.3 Å². The lowest BCUT2D eigenvalue weighted by atomic mass is 10.0. The SMILES string of the molecule is Nc1cccc([C@H]2O[C@@H](CSc3nnnn3-c3ccc(O)cc3)C[C@@H](c3ccc(CO)cc3)O2)c1. The molecule has 1 aliphatic rings. The van der Waals surface area contributed by atoms with Crippen molar-refractivity contribution >= 4 is 17.4 Å². The first-order chi connectivity index (χ1) is 17.1. The molecule has 4 N–H and O–H groups in total. The average molecular weight is 492 g/mol. The van der Waals surface area contributed by atoms with Gasteiger partial charge in [-0.25, -0.2) is 0 Å². The number of rotatable bonds is 7. The molecular weight excluding hydrogens is 466 g/mol. The van der Waals surface area contributed by atoms with Crippen LogP contribution in [0.25, 0.3) is 5.69 Å². The van der Waals surface area contributed by atoms with Crippen molar-refractivity contribution in [2.45, 2.75) is 36.7 Å². The summed E-state index contributed by atoms with van der Waals surface area (Å²) >= 11 is 1.49. The van der Waals surface area contributed by atoms with Crippen molar-refractivity contribution in [1.29, 1.82) is 0 Å². The second kappa shape index (κ2) is 10.4. The molecule has 0 aliphatic carbocycles. The van der Waals surface area contributed by atoms with Crippen molar-refractivity contribution in [3.63, 3.8) is 0 Å². The number of benzene rings is 3. The summed E-state index contributed by atoms with van der Waals surface area (Å²) in [6, 6.07) is 22.0. The van der Waals surface area contributed by atoms with E-state index in [1.54, 1.807) is 28.9 Å². The van der Waals surface area contributed by atoms with Gasteiger partial charge in [-0.2, -0.15) is 4.68 Å². The Balaban J connectivity index is 1.35. The van der Waals surface area contributed by atoms with E-state index in [0.29, 0.717) is 23.0 Å². The van der Waals surface area contributed by atoms with E-state index in [0.717, 1.165) is 22.4 Å². The predicted molar refractivity (Wildman–Crippen MR) is 131 cm³/mol. The summed E-state index contributed by atoms with van der Waals surface area (Å²) in [6.45, 7) is -0.00412. The lowest BCUT2D eigenvalue weighted by Gasteiger charge is -2.36. The highest BCUT2D eigenvalue weighted by Crippen LogP contribution is 2.39. The molecule has 1 aliphatic heterocycles. The molecule has 5 rings (SSSR count). The summed E-state index contributed by atoms with van der Waals surface area (Å²) in [5.41, 5.74) is 10.1. The highest BCUT2D eigenvalue weighted by molar-refractivity contribution is 7.99. The van der Waals surface area contributed by atoms with Crippen LogP contribution < -0.4 is 5.73 Å². The number of anilines is 1. The molecule has 1 saturated heterocycles. The number of aliphatic hydroxyl groups excluding tert-OH is 1. The van der Waals surface area contributed by atoms with Crippen molar-refractivity contribution in [3.05, 3.63) is 89.5 Å². The molecule has 0 unspecified atom stereocenters. The molecule has 9 nitrogen and oxygen atoms in total. The average Bonchev–Trinajstić information content (AvgIpc) is 3.36. The van der Waals surface area contributed by atoms with Crippen LogP contribution in [-0.2, 0) is 16.1 Å². The number of hydrogen-bond donors (Lipinski definition) is 3. The topological polar surface area (TPSA) is 129 Å². The number of aromatic hydroxyl groups is 1. The number of aliphatic hydroxyl groups is 1. The van der Waals surface area contributed by atoms with Crippen molar-refractivity contribution in [2.75, 3.05) is 11.5 Å². The number of phenols is 1. The summed E-state index contributed by atoms with van der Waals surface area (Å²) in [4.78, 5) is 0. The van der Waals surface area contributed by atoms with Crippen LogP contribution in [0.15, 0.2) is 78.0 Å². The maximum atomic E-state index is 9.57. The van der Waals surface area contributed by atoms with E-state index >= 15 is 0 Å². The standard InChI is InChI=1S/C25H25N5O4S/c26-19-3-1-2-18(12-19)24-33-22(13-23(34-24)17-6-4-16(14-31)5-7-17)15-35-25-27-28-29-30(25)20-8-10-21(32)11-9-20/h1-12,22-24,31-32H,13-15,26H2/t22-,23+,24+/m1/s1. The Kier molecular flexibility index (Phi) is 6.96. The van der Waals surface area contributed by atoms with Crippen LogP contribution in [0, 0.1) is 0 Å². The minimum absolute atomic E-state index is 0.00412. The Labute approximate surface area is 206 Å².